The van der Waals surface area contributed by atoms with E-state index in [0.717, 1.165) is 5.56 Å². The van der Waals surface area contributed by atoms with E-state index in [1.54, 1.807) is 18.2 Å². The van der Waals surface area contributed by atoms with Gasteiger partial charge in [-0.15, -0.1) is 0 Å². The lowest BCUT2D eigenvalue weighted by Gasteiger charge is -2.06. The molecule has 0 aliphatic rings. The summed E-state index contributed by atoms with van der Waals surface area (Å²) >= 11 is 11.6. The summed E-state index contributed by atoms with van der Waals surface area (Å²) in [5.74, 6) is -0.672. The summed E-state index contributed by atoms with van der Waals surface area (Å²) in [4.78, 5) is 22.2. The van der Waals surface area contributed by atoms with E-state index in [1.165, 1.54) is 5.48 Å². The molecule has 1 aromatic carbocycles. The van der Waals surface area contributed by atoms with Gasteiger partial charge in [-0.25, -0.2) is 5.48 Å². The van der Waals surface area contributed by atoms with Gasteiger partial charge in [0.05, 0.1) is 10.0 Å². The number of nitrogens with one attached hydrogen (secondary N) is 2. The van der Waals surface area contributed by atoms with Crippen molar-refractivity contribution in [1.82, 2.24) is 10.8 Å². The van der Waals surface area contributed by atoms with Crippen LogP contribution in [0.1, 0.15) is 24.8 Å². The molecule has 0 unspecified atom stereocenters. The van der Waals surface area contributed by atoms with Crippen LogP contribution in [0.4, 0.5) is 0 Å². The van der Waals surface area contributed by atoms with Crippen molar-refractivity contribution in [2.45, 2.75) is 25.8 Å². The fourth-order valence-electron chi connectivity index (χ4n) is 1.40. The number of halogens is 2. The number of hydrogen-bond donors (Lipinski definition) is 3. The average Bonchev–Trinajstić information content (AvgIpc) is 2.40. The van der Waals surface area contributed by atoms with Crippen LogP contribution < -0.4 is 10.8 Å². The Hall–Kier alpha value is -1.30. The van der Waals surface area contributed by atoms with Crippen LogP contribution in [0.25, 0.3) is 0 Å². The second kappa shape index (κ2) is 7.99. The summed E-state index contributed by atoms with van der Waals surface area (Å²) in [6, 6.07) is 5.12. The highest BCUT2D eigenvalue weighted by atomic mass is 35.5. The van der Waals surface area contributed by atoms with Gasteiger partial charge in [0.25, 0.3) is 0 Å². The minimum absolute atomic E-state index is 0.108. The van der Waals surface area contributed by atoms with Crippen molar-refractivity contribution in [1.29, 1.82) is 0 Å². The summed E-state index contributed by atoms with van der Waals surface area (Å²) < 4.78 is 0. The molecule has 1 aromatic rings. The molecule has 3 N–H and O–H groups in total. The first kappa shape index (κ1) is 15.8. The number of carbonyl (C=O) groups is 2. The van der Waals surface area contributed by atoms with Crippen molar-refractivity contribution in [3.63, 3.8) is 0 Å². The quantitative estimate of drug-likeness (QED) is 0.557. The molecule has 0 aromatic heterocycles. The van der Waals surface area contributed by atoms with Crippen molar-refractivity contribution < 1.29 is 14.8 Å². The number of hydrogen-bond acceptors (Lipinski definition) is 3. The fraction of sp³-hybridized carbons (Fsp3) is 0.333. The molecule has 0 atom stereocenters. The highest BCUT2D eigenvalue weighted by molar-refractivity contribution is 6.42. The van der Waals surface area contributed by atoms with Gasteiger partial charge in [0.15, 0.2) is 0 Å². The zero-order chi connectivity index (χ0) is 14.3. The zero-order valence-corrected chi connectivity index (χ0v) is 11.6. The van der Waals surface area contributed by atoms with Crippen molar-refractivity contribution >= 4 is 35.0 Å². The van der Waals surface area contributed by atoms with Gasteiger partial charge in [0.1, 0.15) is 0 Å². The van der Waals surface area contributed by atoms with E-state index in [9.17, 15) is 9.59 Å². The molecule has 7 heteroatoms. The van der Waals surface area contributed by atoms with Crippen LogP contribution in [0.15, 0.2) is 18.2 Å². The maximum absolute atomic E-state index is 11.5. The molecule has 0 aliphatic carbocycles. The largest absolute Gasteiger partial charge is 0.352 e. The number of amides is 2. The lowest BCUT2D eigenvalue weighted by atomic mass is 10.2. The molecular formula is C12H14Cl2N2O3. The van der Waals surface area contributed by atoms with Gasteiger partial charge in [-0.05, 0) is 24.1 Å². The van der Waals surface area contributed by atoms with Gasteiger partial charge in [0, 0.05) is 19.4 Å². The third-order valence-corrected chi connectivity index (χ3v) is 3.15. The molecule has 0 fully saturated rings. The Morgan fingerprint density at radius 3 is 2.42 bits per heavy atom. The second-order valence-electron chi connectivity index (χ2n) is 3.91. The van der Waals surface area contributed by atoms with E-state index in [-0.39, 0.29) is 18.7 Å². The maximum Gasteiger partial charge on any atom is 0.243 e. The lowest BCUT2D eigenvalue weighted by Crippen LogP contribution is -2.23. The molecule has 1 rings (SSSR count). The van der Waals surface area contributed by atoms with E-state index in [1.807, 2.05) is 0 Å². The van der Waals surface area contributed by atoms with Gasteiger partial charge in [-0.1, -0.05) is 29.3 Å². The Labute approximate surface area is 120 Å². The van der Waals surface area contributed by atoms with E-state index in [4.69, 9.17) is 28.4 Å². The molecule has 0 aliphatic heterocycles. The first-order chi connectivity index (χ1) is 9.02. The Balaban J connectivity index is 2.30. The molecule has 2 amide bonds. The highest BCUT2D eigenvalue weighted by Gasteiger charge is 2.05. The molecule has 0 saturated heterocycles. The molecule has 104 valence electrons. The first-order valence-electron chi connectivity index (χ1n) is 5.66. The summed E-state index contributed by atoms with van der Waals surface area (Å²) in [6.07, 6.45) is 0.699. The van der Waals surface area contributed by atoms with E-state index >= 15 is 0 Å². The standard InChI is InChI=1S/C12H14Cl2N2O3/c13-9-5-4-8(6-10(9)14)7-15-11(17)2-1-3-12(18)16-19/h4-6,19H,1-3,7H2,(H,15,17)(H,16,18). The van der Waals surface area contributed by atoms with Crippen LogP contribution in [0.3, 0.4) is 0 Å². The topological polar surface area (TPSA) is 78.4 Å². The molecule has 0 saturated carbocycles. The minimum Gasteiger partial charge on any atom is -0.352 e. The third-order valence-electron chi connectivity index (χ3n) is 2.41. The van der Waals surface area contributed by atoms with E-state index in [2.05, 4.69) is 5.32 Å². The van der Waals surface area contributed by atoms with Gasteiger partial charge < -0.3 is 5.32 Å². The predicted molar refractivity (Wildman–Crippen MR) is 72.1 cm³/mol. The first-order valence-corrected chi connectivity index (χ1v) is 6.42. The van der Waals surface area contributed by atoms with Crippen molar-refractivity contribution in [3.8, 4) is 0 Å². The normalized spacial score (nSPS) is 10.1. The predicted octanol–water partition coefficient (Wildman–Crippen LogP) is 2.29. The van der Waals surface area contributed by atoms with Crippen LogP contribution >= 0.6 is 23.2 Å². The smallest absolute Gasteiger partial charge is 0.243 e. The Morgan fingerprint density at radius 2 is 1.79 bits per heavy atom. The number of benzene rings is 1. The second-order valence-corrected chi connectivity index (χ2v) is 4.73. The van der Waals surface area contributed by atoms with E-state index < -0.39 is 5.91 Å². The van der Waals surface area contributed by atoms with Crippen molar-refractivity contribution in [2.75, 3.05) is 0 Å². The van der Waals surface area contributed by atoms with Crippen LogP contribution in [-0.4, -0.2) is 17.0 Å². The molecule has 5 nitrogen and oxygen atoms in total. The monoisotopic (exact) mass is 304 g/mol. The average molecular weight is 305 g/mol. The number of rotatable bonds is 6. The van der Waals surface area contributed by atoms with Crippen molar-refractivity contribution in [2.24, 2.45) is 0 Å². The van der Waals surface area contributed by atoms with Crippen LogP contribution in [0, 0.1) is 0 Å². The SMILES string of the molecule is O=C(CCCC(=O)NCc1ccc(Cl)c(Cl)c1)NO. The van der Waals surface area contributed by atoms with Gasteiger partial charge in [-0.3, -0.25) is 14.8 Å². The molecular weight excluding hydrogens is 291 g/mol. The minimum atomic E-state index is -0.503. The summed E-state index contributed by atoms with van der Waals surface area (Å²) in [7, 11) is 0. The van der Waals surface area contributed by atoms with Crippen LogP contribution in [0.5, 0.6) is 0 Å². The Kier molecular flexibility index (Phi) is 6.62. The maximum atomic E-state index is 11.5. The molecule has 0 bridgehead atoms. The summed E-state index contributed by atoms with van der Waals surface area (Å²) in [6.45, 7) is 0.349. The van der Waals surface area contributed by atoms with Gasteiger partial charge >= 0.3 is 0 Å². The summed E-state index contributed by atoms with van der Waals surface area (Å²) in [5, 5.41) is 11.9. The highest BCUT2D eigenvalue weighted by Crippen LogP contribution is 2.22. The molecule has 0 spiro atoms. The van der Waals surface area contributed by atoms with Gasteiger partial charge in [-0.2, -0.15) is 0 Å². The molecule has 0 heterocycles. The van der Waals surface area contributed by atoms with Crippen LogP contribution in [-0.2, 0) is 16.1 Å². The number of carbonyl (C=O) groups excluding carboxylic acids is 2. The summed E-state index contributed by atoms with van der Waals surface area (Å²) in [5.41, 5.74) is 2.35. The number of hydroxylamine groups is 1. The Bertz CT molecular complexity index is 466. The fourth-order valence-corrected chi connectivity index (χ4v) is 1.72. The van der Waals surface area contributed by atoms with Crippen molar-refractivity contribution in [3.05, 3.63) is 33.8 Å². The molecule has 19 heavy (non-hydrogen) atoms. The van der Waals surface area contributed by atoms with Gasteiger partial charge in [0.2, 0.25) is 11.8 Å². The third kappa shape index (κ3) is 5.92. The molecule has 0 radical (unpaired) electrons. The Morgan fingerprint density at radius 1 is 1.11 bits per heavy atom. The van der Waals surface area contributed by atoms with E-state index in [0.29, 0.717) is 23.0 Å². The lowest BCUT2D eigenvalue weighted by molar-refractivity contribution is -0.129. The van der Waals surface area contributed by atoms with Crippen LogP contribution in [0.2, 0.25) is 10.0 Å². The zero-order valence-electron chi connectivity index (χ0n) is 10.1.